The van der Waals surface area contributed by atoms with Crippen LogP contribution >= 0.6 is 11.6 Å². The molecule has 1 aromatic carbocycles. The van der Waals surface area contributed by atoms with Crippen molar-refractivity contribution in [2.45, 2.75) is 12.3 Å². The number of halogens is 2. The van der Waals surface area contributed by atoms with Crippen molar-refractivity contribution in [2.75, 3.05) is 19.6 Å². The van der Waals surface area contributed by atoms with E-state index in [9.17, 15) is 9.18 Å². The summed E-state index contributed by atoms with van der Waals surface area (Å²) < 4.78 is 12.9. The van der Waals surface area contributed by atoms with E-state index in [1.807, 2.05) is 6.07 Å². The van der Waals surface area contributed by atoms with Crippen LogP contribution in [0.25, 0.3) is 0 Å². The number of nitrogens with zero attached hydrogens (tertiary/aromatic N) is 1. The lowest BCUT2D eigenvalue weighted by atomic mass is 9.89. The number of carbonyl (C=O) groups is 1. The molecule has 0 spiro atoms. The van der Waals surface area contributed by atoms with Crippen LogP contribution in [0.1, 0.15) is 17.0 Å². The quantitative estimate of drug-likeness (QED) is 0.817. The number of amides is 1. The maximum atomic E-state index is 12.9. The summed E-state index contributed by atoms with van der Waals surface area (Å²) in [6.07, 6.45) is 2.41. The predicted molar refractivity (Wildman–Crippen MR) is 91.5 cm³/mol. The smallest absolute Gasteiger partial charge is 0.225 e. The van der Waals surface area contributed by atoms with Crippen LogP contribution < -0.4 is 10.6 Å². The van der Waals surface area contributed by atoms with Gasteiger partial charge >= 0.3 is 0 Å². The van der Waals surface area contributed by atoms with Crippen molar-refractivity contribution in [3.05, 3.63) is 64.7 Å². The number of carbonyl (C=O) groups excluding carboxylic acids is 1. The van der Waals surface area contributed by atoms with Gasteiger partial charge in [0.1, 0.15) is 11.0 Å². The minimum atomic E-state index is -0.251. The van der Waals surface area contributed by atoms with E-state index in [2.05, 4.69) is 15.6 Å². The van der Waals surface area contributed by atoms with Crippen LogP contribution in [0.5, 0.6) is 0 Å². The van der Waals surface area contributed by atoms with Gasteiger partial charge in [0.25, 0.3) is 0 Å². The molecule has 2 N–H and O–H groups in total. The second-order valence-corrected chi connectivity index (χ2v) is 6.34. The molecule has 6 heteroatoms. The van der Waals surface area contributed by atoms with Gasteiger partial charge in [-0.15, -0.1) is 0 Å². The first-order chi connectivity index (χ1) is 11.6. The third-order valence-corrected chi connectivity index (χ3v) is 4.58. The van der Waals surface area contributed by atoms with E-state index in [-0.39, 0.29) is 23.6 Å². The van der Waals surface area contributed by atoms with E-state index in [0.717, 1.165) is 17.7 Å². The van der Waals surface area contributed by atoms with Crippen LogP contribution in [-0.2, 0) is 11.2 Å². The minimum Gasteiger partial charge on any atom is -0.355 e. The Morgan fingerprint density at radius 2 is 2.04 bits per heavy atom. The van der Waals surface area contributed by atoms with Gasteiger partial charge in [-0.2, -0.15) is 0 Å². The van der Waals surface area contributed by atoms with Crippen molar-refractivity contribution in [3.63, 3.8) is 0 Å². The molecule has 1 amide bonds. The molecule has 1 saturated heterocycles. The van der Waals surface area contributed by atoms with Crippen LogP contribution in [0.2, 0.25) is 5.15 Å². The number of hydrogen-bond donors (Lipinski definition) is 2. The number of nitrogens with one attached hydrogen (secondary N) is 2. The van der Waals surface area contributed by atoms with Crippen molar-refractivity contribution in [3.8, 4) is 0 Å². The third kappa shape index (κ3) is 4.10. The molecular weight excluding hydrogens is 329 g/mol. The molecule has 1 aromatic heterocycles. The maximum Gasteiger partial charge on any atom is 0.225 e. The van der Waals surface area contributed by atoms with Gasteiger partial charge in [0, 0.05) is 31.7 Å². The highest BCUT2D eigenvalue weighted by molar-refractivity contribution is 6.29. The average Bonchev–Trinajstić information content (AvgIpc) is 3.07. The van der Waals surface area contributed by atoms with Gasteiger partial charge in [0.05, 0.1) is 5.92 Å². The molecule has 0 saturated carbocycles. The molecular formula is C18H19ClFN3O. The van der Waals surface area contributed by atoms with Crippen molar-refractivity contribution in [2.24, 2.45) is 5.92 Å². The lowest BCUT2D eigenvalue weighted by molar-refractivity contribution is -0.124. The first-order valence-corrected chi connectivity index (χ1v) is 8.35. The van der Waals surface area contributed by atoms with Crippen LogP contribution in [-0.4, -0.2) is 30.5 Å². The van der Waals surface area contributed by atoms with E-state index < -0.39 is 0 Å². The molecule has 0 unspecified atom stereocenters. The Morgan fingerprint density at radius 3 is 2.75 bits per heavy atom. The van der Waals surface area contributed by atoms with Crippen LogP contribution in [0.4, 0.5) is 4.39 Å². The van der Waals surface area contributed by atoms with Crippen molar-refractivity contribution < 1.29 is 9.18 Å². The van der Waals surface area contributed by atoms with E-state index in [4.69, 9.17) is 11.6 Å². The summed E-state index contributed by atoms with van der Waals surface area (Å²) in [7, 11) is 0. The molecule has 1 aliphatic rings. The number of hydrogen-bond acceptors (Lipinski definition) is 3. The summed E-state index contributed by atoms with van der Waals surface area (Å²) >= 11 is 5.82. The van der Waals surface area contributed by atoms with Crippen LogP contribution in [0.15, 0.2) is 42.6 Å². The molecule has 2 atom stereocenters. The monoisotopic (exact) mass is 347 g/mol. The Morgan fingerprint density at radius 1 is 1.25 bits per heavy atom. The topological polar surface area (TPSA) is 54.0 Å². The molecule has 1 fully saturated rings. The van der Waals surface area contributed by atoms with Crippen molar-refractivity contribution >= 4 is 17.5 Å². The standard InChI is InChI=1S/C18H19ClFN3O/c19-17-6-3-13(9-23-17)15-10-21-11-16(15)18(24)22-8-7-12-1-4-14(20)5-2-12/h1-6,9,15-16,21H,7-8,10-11H2,(H,22,24)/t15-,16+/m0/s1. The average molecular weight is 348 g/mol. The first kappa shape index (κ1) is 16.9. The lowest BCUT2D eigenvalue weighted by Gasteiger charge is -2.18. The molecule has 1 aliphatic heterocycles. The Hall–Kier alpha value is -1.98. The fourth-order valence-corrected chi connectivity index (χ4v) is 3.14. The molecule has 0 aliphatic carbocycles. The van der Waals surface area contributed by atoms with Crippen LogP contribution in [0.3, 0.4) is 0 Å². The Bertz CT molecular complexity index is 690. The molecule has 0 bridgehead atoms. The van der Waals surface area contributed by atoms with Crippen LogP contribution in [0, 0.1) is 11.7 Å². The minimum absolute atomic E-state index is 0.0297. The number of pyridine rings is 1. The van der Waals surface area contributed by atoms with Gasteiger partial charge in [-0.25, -0.2) is 9.37 Å². The molecule has 2 heterocycles. The van der Waals surface area contributed by atoms with Crippen molar-refractivity contribution in [1.82, 2.24) is 15.6 Å². The highest BCUT2D eigenvalue weighted by Gasteiger charge is 2.33. The molecule has 4 nitrogen and oxygen atoms in total. The highest BCUT2D eigenvalue weighted by atomic mass is 35.5. The largest absolute Gasteiger partial charge is 0.355 e. The zero-order chi connectivity index (χ0) is 16.9. The van der Waals surface area contributed by atoms with E-state index in [1.165, 1.54) is 12.1 Å². The fourth-order valence-electron chi connectivity index (χ4n) is 3.02. The molecule has 3 rings (SSSR count). The fraction of sp³-hybridized carbons (Fsp3) is 0.333. The normalized spacial score (nSPS) is 20.1. The van der Waals surface area contributed by atoms with Gasteiger partial charge in [-0.1, -0.05) is 29.8 Å². The number of rotatable bonds is 5. The summed E-state index contributed by atoms with van der Waals surface area (Å²) in [5.41, 5.74) is 2.02. The SMILES string of the molecule is O=C(NCCc1ccc(F)cc1)[C@@H]1CNC[C@H]1c1ccc(Cl)nc1. The molecule has 2 aromatic rings. The Labute approximate surface area is 145 Å². The summed E-state index contributed by atoms with van der Waals surface area (Å²) in [5, 5.41) is 6.70. The van der Waals surface area contributed by atoms with Gasteiger partial charge < -0.3 is 10.6 Å². The lowest BCUT2D eigenvalue weighted by Crippen LogP contribution is -2.35. The van der Waals surface area contributed by atoms with E-state index in [0.29, 0.717) is 24.7 Å². The third-order valence-electron chi connectivity index (χ3n) is 4.36. The zero-order valence-electron chi connectivity index (χ0n) is 13.1. The highest BCUT2D eigenvalue weighted by Crippen LogP contribution is 2.28. The van der Waals surface area contributed by atoms with Gasteiger partial charge in [0.2, 0.25) is 5.91 Å². The summed E-state index contributed by atoms with van der Waals surface area (Å²) in [4.78, 5) is 16.6. The maximum absolute atomic E-state index is 12.9. The van der Waals surface area contributed by atoms with Crippen molar-refractivity contribution in [1.29, 1.82) is 0 Å². The number of benzene rings is 1. The van der Waals surface area contributed by atoms with Gasteiger partial charge in [-0.05, 0) is 35.7 Å². The first-order valence-electron chi connectivity index (χ1n) is 7.98. The number of aromatic nitrogens is 1. The predicted octanol–water partition coefficient (Wildman–Crippen LogP) is 2.54. The van der Waals surface area contributed by atoms with Gasteiger partial charge in [-0.3, -0.25) is 4.79 Å². The Kier molecular flexibility index (Phi) is 5.43. The van der Waals surface area contributed by atoms with E-state index >= 15 is 0 Å². The molecule has 24 heavy (non-hydrogen) atoms. The zero-order valence-corrected chi connectivity index (χ0v) is 13.9. The second kappa shape index (κ2) is 7.73. The van der Waals surface area contributed by atoms with Gasteiger partial charge in [0.15, 0.2) is 0 Å². The summed E-state index contributed by atoms with van der Waals surface area (Å²) in [6.45, 7) is 1.93. The van der Waals surface area contributed by atoms with E-state index in [1.54, 1.807) is 24.4 Å². The summed E-state index contributed by atoms with van der Waals surface area (Å²) in [5.74, 6) is -0.247. The molecule has 0 radical (unpaired) electrons. The second-order valence-electron chi connectivity index (χ2n) is 5.95. The Balaban J connectivity index is 1.55. The molecule has 126 valence electrons. The summed E-state index contributed by atoms with van der Waals surface area (Å²) in [6, 6.07) is 10.0.